The number of carbonyl (C=O) groups is 1. The molecule has 0 aromatic heterocycles. The van der Waals surface area contributed by atoms with Gasteiger partial charge in [0.1, 0.15) is 5.54 Å². The topological polar surface area (TPSA) is 83.9 Å². The molecule has 0 bridgehead atoms. The van der Waals surface area contributed by atoms with Crippen LogP contribution in [-0.2, 0) is 24.9 Å². The van der Waals surface area contributed by atoms with Crippen LogP contribution in [0.15, 0.2) is 30.3 Å². The van der Waals surface area contributed by atoms with E-state index in [1.807, 2.05) is 11.0 Å². The summed E-state index contributed by atoms with van der Waals surface area (Å²) in [5.74, 6) is -1.45. The maximum absolute atomic E-state index is 12.4. The largest absolute Gasteiger partial charge is 0.480 e. The molecule has 1 N–H and O–H groups in total. The average molecular weight is 339 g/mol. The van der Waals surface area contributed by atoms with Crippen LogP contribution in [0.1, 0.15) is 12.0 Å². The van der Waals surface area contributed by atoms with E-state index in [-0.39, 0.29) is 11.5 Å². The zero-order valence-electron chi connectivity index (χ0n) is 12.8. The molecule has 2 aliphatic heterocycles. The van der Waals surface area contributed by atoms with Crippen molar-refractivity contribution in [1.82, 2.24) is 4.90 Å². The number of ether oxygens (including phenoxy) is 1. The Morgan fingerprint density at radius 3 is 2.39 bits per heavy atom. The lowest BCUT2D eigenvalue weighted by Gasteiger charge is -2.46. The van der Waals surface area contributed by atoms with Crippen LogP contribution >= 0.6 is 0 Å². The SMILES string of the molecule is O=C(O)[C@](c1ccccc1)([C@H]1CCS(=O)(=O)C1)N1CCOCC1. The van der Waals surface area contributed by atoms with E-state index in [0.717, 1.165) is 0 Å². The second-order valence-corrected chi connectivity index (χ2v) is 8.37. The van der Waals surface area contributed by atoms with Crippen molar-refractivity contribution < 1.29 is 23.1 Å². The molecule has 0 amide bonds. The fraction of sp³-hybridized carbons (Fsp3) is 0.562. The van der Waals surface area contributed by atoms with Crippen molar-refractivity contribution in [3.05, 3.63) is 35.9 Å². The molecule has 0 aliphatic carbocycles. The fourth-order valence-corrected chi connectivity index (χ4v) is 5.67. The molecule has 1 aromatic carbocycles. The molecule has 2 aliphatic rings. The fourth-order valence-electron chi connectivity index (χ4n) is 3.84. The van der Waals surface area contributed by atoms with E-state index in [4.69, 9.17) is 4.74 Å². The second kappa shape index (κ2) is 6.22. The number of hydrogen-bond donors (Lipinski definition) is 1. The quantitative estimate of drug-likeness (QED) is 0.871. The standard InChI is InChI=1S/C16H21NO5S/c18-15(19)16(13-4-2-1-3-5-13,17-7-9-22-10-8-17)14-6-11-23(20,21)12-14/h1-5,14H,6-12H2,(H,18,19)/t14-,16-/m0/s1. The smallest absolute Gasteiger partial charge is 0.329 e. The monoisotopic (exact) mass is 339 g/mol. The number of morpholine rings is 1. The number of sulfone groups is 1. The summed E-state index contributed by atoms with van der Waals surface area (Å²) in [4.78, 5) is 14.3. The maximum Gasteiger partial charge on any atom is 0.329 e. The molecular weight excluding hydrogens is 318 g/mol. The third-order valence-electron chi connectivity index (χ3n) is 4.87. The number of carboxylic acids is 1. The Morgan fingerprint density at radius 2 is 1.87 bits per heavy atom. The van der Waals surface area contributed by atoms with Crippen molar-refractivity contribution in [2.75, 3.05) is 37.8 Å². The Morgan fingerprint density at radius 1 is 1.22 bits per heavy atom. The van der Waals surface area contributed by atoms with Crippen molar-refractivity contribution in [2.24, 2.45) is 5.92 Å². The minimum Gasteiger partial charge on any atom is -0.480 e. The zero-order valence-corrected chi connectivity index (χ0v) is 13.7. The van der Waals surface area contributed by atoms with Gasteiger partial charge in [-0.2, -0.15) is 0 Å². The van der Waals surface area contributed by atoms with E-state index >= 15 is 0 Å². The van der Waals surface area contributed by atoms with E-state index in [0.29, 0.717) is 38.3 Å². The number of carboxylic acid groups (broad SMARTS) is 1. The summed E-state index contributed by atoms with van der Waals surface area (Å²) in [6, 6.07) is 9.01. The van der Waals surface area contributed by atoms with E-state index in [1.165, 1.54) is 0 Å². The first-order valence-corrected chi connectivity index (χ1v) is 9.61. The van der Waals surface area contributed by atoms with Gasteiger partial charge >= 0.3 is 5.97 Å². The van der Waals surface area contributed by atoms with E-state index < -0.39 is 27.3 Å². The summed E-state index contributed by atoms with van der Waals surface area (Å²) in [6.45, 7) is 1.89. The van der Waals surface area contributed by atoms with Crippen molar-refractivity contribution >= 4 is 15.8 Å². The molecule has 0 spiro atoms. The molecule has 2 heterocycles. The van der Waals surface area contributed by atoms with Gasteiger partial charge in [-0.05, 0) is 12.0 Å². The molecule has 126 valence electrons. The van der Waals surface area contributed by atoms with Gasteiger partial charge in [0.2, 0.25) is 0 Å². The molecule has 0 unspecified atom stereocenters. The first-order chi connectivity index (χ1) is 11.0. The van der Waals surface area contributed by atoms with Gasteiger partial charge in [0.25, 0.3) is 0 Å². The zero-order chi connectivity index (χ0) is 16.5. The normalized spacial score (nSPS) is 27.4. The van der Waals surface area contributed by atoms with Crippen LogP contribution in [-0.4, -0.2) is 62.2 Å². The highest BCUT2D eigenvalue weighted by Crippen LogP contribution is 2.42. The molecule has 1 aromatic rings. The van der Waals surface area contributed by atoms with E-state index in [9.17, 15) is 18.3 Å². The summed E-state index contributed by atoms with van der Waals surface area (Å²) < 4.78 is 29.3. The number of aliphatic carboxylic acids is 1. The van der Waals surface area contributed by atoms with E-state index in [1.54, 1.807) is 24.3 Å². The van der Waals surface area contributed by atoms with Gasteiger partial charge in [0, 0.05) is 19.0 Å². The number of rotatable bonds is 4. The van der Waals surface area contributed by atoms with Gasteiger partial charge in [-0.25, -0.2) is 13.2 Å². The molecule has 3 rings (SSSR count). The van der Waals surface area contributed by atoms with Crippen LogP contribution in [0.25, 0.3) is 0 Å². The summed E-state index contributed by atoms with van der Waals surface area (Å²) in [5.41, 5.74) is -0.661. The van der Waals surface area contributed by atoms with E-state index in [2.05, 4.69) is 0 Å². The van der Waals surface area contributed by atoms with Crippen molar-refractivity contribution in [1.29, 1.82) is 0 Å². The predicted molar refractivity (Wildman–Crippen MR) is 84.9 cm³/mol. The lowest BCUT2D eigenvalue weighted by atomic mass is 9.75. The lowest BCUT2D eigenvalue weighted by Crippen LogP contribution is -2.60. The molecule has 2 atom stereocenters. The van der Waals surface area contributed by atoms with Crippen LogP contribution in [0, 0.1) is 5.92 Å². The Balaban J connectivity index is 2.12. The van der Waals surface area contributed by atoms with Gasteiger partial charge in [-0.15, -0.1) is 0 Å². The Kier molecular flexibility index (Phi) is 4.44. The minimum atomic E-state index is -3.18. The number of nitrogens with zero attached hydrogens (tertiary/aromatic N) is 1. The van der Waals surface area contributed by atoms with Crippen LogP contribution in [0.5, 0.6) is 0 Å². The van der Waals surface area contributed by atoms with Gasteiger partial charge in [0.15, 0.2) is 9.84 Å². The van der Waals surface area contributed by atoms with Crippen molar-refractivity contribution in [3.8, 4) is 0 Å². The Hall–Kier alpha value is -1.44. The molecular formula is C16H21NO5S. The predicted octanol–water partition coefficient (Wildman–Crippen LogP) is 0.733. The molecule has 2 fully saturated rings. The summed E-state index contributed by atoms with van der Waals surface area (Å²) in [7, 11) is -3.18. The highest BCUT2D eigenvalue weighted by molar-refractivity contribution is 7.91. The second-order valence-electron chi connectivity index (χ2n) is 6.14. The molecule has 7 heteroatoms. The van der Waals surface area contributed by atoms with Gasteiger partial charge in [0.05, 0.1) is 24.7 Å². The highest BCUT2D eigenvalue weighted by atomic mass is 32.2. The Bertz CT molecular complexity index is 669. The average Bonchev–Trinajstić information content (AvgIpc) is 2.90. The Labute approximate surface area is 136 Å². The third-order valence-corrected chi connectivity index (χ3v) is 6.64. The molecule has 2 saturated heterocycles. The first-order valence-electron chi connectivity index (χ1n) is 7.79. The van der Waals surface area contributed by atoms with Crippen LogP contribution < -0.4 is 0 Å². The van der Waals surface area contributed by atoms with Crippen LogP contribution in [0.3, 0.4) is 0 Å². The van der Waals surface area contributed by atoms with Gasteiger partial charge in [-0.3, -0.25) is 4.90 Å². The molecule has 6 nitrogen and oxygen atoms in total. The van der Waals surface area contributed by atoms with Crippen LogP contribution in [0.2, 0.25) is 0 Å². The number of benzene rings is 1. The minimum absolute atomic E-state index is 0.0594. The highest BCUT2D eigenvalue weighted by Gasteiger charge is 2.55. The van der Waals surface area contributed by atoms with Crippen molar-refractivity contribution in [3.63, 3.8) is 0 Å². The van der Waals surface area contributed by atoms with Crippen molar-refractivity contribution in [2.45, 2.75) is 12.0 Å². The molecule has 0 saturated carbocycles. The number of hydrogen-bond acceptors (Lipinski definition) is 5. The summed E-state index contributed by atoms with van der Waals surface area (Å²) in [5, 5.41) is 10.2. The third kappa shape index (κ3) is 2.88. The molecule has 0 radical (unpaired) electrons. The summed E-state index contributed by atoms with van der Waals surface area (Å²) in [6.07, 6.45) is 0.376. The lowest BCUT2D eigenvalue weighted by molar-refractivity contribution is -0.161. The molecule has 23 heavy (non-hydrogen) atoms. The van der Waals surface area contributed by atoms with Gasteiger partial charge < -0.3 is 9.84 Å². The van der Waals surface area contributed by atoms with Gasteiger partial charge in [-0.1, -0.05) is 30.3 Å². The van der Waals surface area contributed by atoms with Crippen LogP contribution in [0.4, 0.5) is 0 Å². The maximum atomic E-state index is 12.4. The first kappa shape index (κ1) is 16.4. The summed E-state index contributed by atoms with van der Waals surface area (Å²) >= 11 is 0.